The molecule has 2 aromatic heterocycles. The Morgan fingerprint density at radius 1 is 1.19 bits per heavy atom. The molecule has 0 saturated carbocycles. The molecule has 3 aromatic rings. The van der Waals surface area contributed by atoms with Crippen LogP contribution in [0.3, 0.4) is 0 Å². The average molecular weight is 372 g/mol. The van der Waals surface area contributed by atoms with Crippen LogP contribution in [-0.2, 0) is 11.3 Å². The Morgan fingerprint density at radius 3 is 2.54 bits per heavy atom. The van der Waals surface area contributed by atoms with Crippen LogP contribution in [0.1, 0.15) is 17.5 Å². The van der Waals surface area contributed by atoms with Crippen molar-refractivity contribution < 1.29 is 9.18 Å². The molecule has 26 heavy (non-hydrogen) atoms. The summed E-state index contributed by atoms with van der Waals surface area (Å²) in [6.45, 7) is 7.66. The van der Waals surface area contributed by atoms with Gasteiger partial charge in [-0.1, -0.05) is 0 Å². The van der Waals surface area contributed by atoms with Gasteiger partial charge in [0.05, 0.1) is 11.4 Å². The van der Waals surface area contributed by atoms with Crippen LogP contribution < -0.4 is 0 Å². The summed E-state index contributed by atoms with van der Waals surface area (Å²) in [6, 6.07) is 6.52. The molecule has 0 unspecified atom stereocenters. The van der Waals surface area contributed by atoms with E-state index in [0.717, 1.165) is 54.6 Å². The fourth-order valence-electron chi connectivity index (χ4n) is 3.42. The lowest BCUT2D eigenvalue weighted by atomic mass is 10.1. The van der Waals surface area contributed by atoms with Crippen LogP contribution >= 0.6 is 11.3 Å². The van der Waals surface area contributed by atoms with Crippen molar-refractivity contribution in [2.75, 3.05) is 26.2 Å². The first-order chi connectivity index (χ1) is 12.5. The molecule has 136 valence electrons. The number of aromatic nitrogens is 2. The Morgan fingerprint density at radius 2 is 1.88 bits per heavy atom. The van der Waals surface area contributed by atoms with Gasteiger partial charge < -0.3 is 4.90 Å². The molecule has 0 atom stereocenters. The number of fused-ring (bicyclic) bond motifs is 1. The molecule has 0 radical (unpaired) electrons. The van der Waals surface area contributed by atoms with Crippen molar-refractivity contribution in [1.29, 1.82) is 0 Å². The number of rotatable bonds is 3. The Balaban J connectivity index is 1.65. The van der Waals surface area contributed by atoms with Gasteiger partial charge in [0.25, 0.3) is 0 Å². The number of imidazole rings is 1. The third-order valence-corrected chi connectivity index (χ3v) is 5.75. The van der Waals surface area contributed by atoms with E-state index in [9.17, 15) is 9.18 Å². The molecule has 1 saturated heterocycles. The molecule has 1 aliphatic rings. The van der Waals surface area contributed by atoms with Gasteiger partial charge in [-0.3, -0.25) is 14.1 Å². The first-order valence-electron chi connectivity index (χ1n) is 8.72. The van der Waals surface area contributed by atoms with E-state index in [-0.39, 0.29) is 11.7 Å². The molecule has 0 spiro atoms. The fourth-order valence-corrected chi connectivity index (χ4v) is 4.27. The second kappa shape index (κ2) is 6.81. The van der Waals surface area contributed by atoms with Crippen LogP contribution in [0.2, 0.25) is 0 Å². The van der Waals surface area contributed by atoms with Crippen molar-refractivity contribution in [3.05, 3.63) is 46.9 Å². The van der Waals surface area contributed by atoms with Gasteiger partial charge >= 0.3 is 0 Å². The quantitative estimate of drug-likeness (QED) is 0.709. The molecule has 1 fully saturated rings. The van der Waals surface area contributed by atoms with E-state index >= 15 is 0 Å². The zero-order chi connectivity index (χ0) is 18.3. The Labute approximate surface area is 155 Å². The number of hydrogen-bond acceptors (Lipinski definition) is 4. The molecule has 4 rings (SSSR count). The standard InChI is InChI=1S/C19H21FN4OS/c1-13-11-24-17(12-22-7-9-23(10-8-22)14(2)25)18(21-19(24)26-13)15-3-5-16(20)6-4-15/h3-6,11H,7-10,12H2,1-2H3. The van der Waals surface area contributed by atoms with Crippen molar-refractivity contribution >= 4 is 22.2 Å². The normalized spacial score (nSPS) is 15.7. The minimum atomic E-state index is -0.243. The van der Waals surface area contributed by atoms with E-state index in [1.807, 2.05) is 4.90 Å². The summed E-state index contributed by atoms with van der Waals surface area (Å²) in [5.41, 5.74) is 2.95. The van der Waals surface area contributed by atoms with Crippen molar-refractivity contribution in [3.8, 4) is 11.3 Å². The highest BCUT2D eigenvalue weighted by Gasteiger charge is 2.22. The maximum Gasteiger partial charge on any atom is 0.219 e. The summed E-state index contributed by atoms with van der Waals surface area (Å²) < 4.78 is 15.5. The zero-order valence-electron chi connectivity index (χ0n) is 14.9. The molecule has 0 bridgehead atoms. The Hall–Kier alpha value is -2.25. The molecule has 3 heterocycles. The van der Waals surface area contributed by atoms with Crippen molar-refractivity contribution in [3.63, 3.8) is 0 Å². The van der Waals surface area contributed by atoms with Crippen LogP contribution in [0.5, 0.6) is 0 Å². The van der Waals surface area contributed by atoms with Gasteiger partial charge in [-0.2, -0.15) is 0 Å². The molecule has 5 nitrogen and oxygen atoms in total. The minimum Gasteiger partial charge on any atom is -0.340 e. The number of hydrogen-bond donors (Lipinski definition) is 0. The van der Waals surface area contributed by atoms with E-state index in [4.69, 9.17) is 4.98 Å². The fraction of sp³-hybridized carbons (Fsp3) is 0.368. The number of amides is 1. The smallest absolute Gasteiger partial charge is 0.219 e. The van der Waals surface area contributed by atoms with Gasteiger partial charge in [-0.05, 0) is 31.2 Å². The average Bonchev–Trinajstić information content (AvgIpc) is 3.13. The highest BCUT2D eigenvalue weighted by molar-refractivity contribution is 7.17. The molecular weight excluding hydrogens is 351 g/mol. The summed E-state index contributed by atoms with van der Waals surface area (Å²) in [5.74, 6) is -0.107. The van der Waals surface area contributed by atoms with Gasteiger partial charge in [0.1, 0.15) is 5.82 Å². The summed E-state index contributed by atoms with van der Waals surface area (Å²) >= 11 is 1.66. The van der Waals surface area contributed by atoms with Gasteiger partial charge in [0, 0.05) is 56.3 Å². The lowest BCUT2D eigenvalue weighted by Gasteiger charge is -2.34. The number of benzene rings is 1. The van der Waals surface area contributed by atoms with Crippen LogP contribution in [-0.4, -0.2) is 51.3 Å². The SMILES string of the molecule is CC(=O)N1CCN(Cc2c(-c3ccc(F)cc3)nc3sc(C)cn23)CC1. The molecule has 1 aliphatic heterocycles. The number of carbonyl (C=O) groups excluding carboxylic acids is 1. The summed E-state index contributed by atoms with van der Waals surface area (Å²) in [4.78, 5) is 22.7. The maximum absolute atomic E-state index is 13.3. The predicted molar refractivity (Wildman–Crippen MR) is 101 cm³/mol. The molecule has 7 heteroatoms. The van der Waals surface area contributed by atoms with Gasteiger partial charge in [0.2, 0.25) is 5.91 Å². The minimum absolute atomic E-state index is 0.136. The van der Waals surface area contributed by atoms with E-state index in [1.54, 1.807) is 30.4 Å². The first-order valence-corrected chi connectivity index (χ1v) is 9.54. The highest BCUT2D eigenvalue weighted by atomic mass is 32.1. The number of carbonyl (C=O) groups is 1. The van der Waals surface area contributed by atoms with E-state index < -0.39 is 0 Å². The third-order valence-electron chi connectivity index (χ3n) is 4.85. The third kappa shape index (κ3) is 3.24. The van der Waals surface area contributed by atoms with Gasteiger partial charge in [-0.25, -0.2) is 9.37 Å². The van der Waals surface area contributed by atoms with Crippen molar-refractivity contribution in [1.82, 2.24) is 19.2 Å². The maximum atomic E-state index is 13.3. The second-order valence-corrected chi connectivity index (χ2v) is 7.90. The van der Waals surface area contributed by atoms with Crippen LogP contribution in [0, 0.1) is 12.7 Å². The lowest BCUT2D eigenvalue weighted by Crippen LogP contribution is -2.47. The van der Waals surface area contributed by atoms with Crippen LogP contribution in [0.4, 0.5) is 4.39 Å². The van der Waals surface area contributed by atoms with Gasteiger partial charge in [0.15, 0.2) is 4.96 Å². The number of nitrogens with zero attached hydrogens (tertiary/aromatic N) is 4. The second-order valence-electron chi connectivity index (χ2n) is 6.69. The van der Waals surface area contributed by atoms with Crippen LogP contribution in [0.25, 0.3) is 16.2 Å². The predicted octanol–water partition coefficient (Wildman–Crippen LogP) is 3.17. The molecule has 1 aromatic carbocycles. The largest absolute Gasteiger partial charge is 0.340 e. The summed E-state index contributed by atoms with van der Waals surface area (Å²) in [5, 5.41) is 0. The molecular formula is C19H21FN4OS. The number of piperazine rings is 1. The highest BCUT2D eigenvalue weighted by Crippen LogP contribution is 2.29. The number of halogens is 1. The first kappa shape index (κ1) is 17.2. The van der Waals surface area contributed by atoms with Gasteiger partial charge in [-0.15, -0.1) is 11.3 Å². The number of thiazole rings is 1. The zero-order valence-corrected chi connectivity index (χ0v) is 15.7. The van der Waals surface area contributed by atoms with E-state index in [1.165, 1.54) is 17.0 Å². The summed E-state index contributed by atoms with van der Waals surface area (Å²) in [6.07, 6.45) is 2.11. The van der Waals surface area contributed by atoms with E-state index in [0.29, 0.717) is 0 Å². The Kier molecular flexibility index (Phi) is 4.50. The Bertz CT molecular complexity index is 939. The van der Waals surface area contributed by atoms with Crippen molar-refractivity contribution in [2.24, 2.45) is 0 Å². The van der Waals surface area contributed by atoms with E-state index in [2.05, 4.69) is 22.4 Å². The molecule has 1 amide bonds. The monoisotopic (exact) mass is 372 g/mol. The lowest BCUT2D eigenvalue weighted by molar-refractivity contribution is -0.130. The van der Waals surface area contributed by atoms with Crippen LogP contribution in [0.15, 0.2) is 30.5 Å². The van der Waals surface area contributed by atoms with Crippen molar-refractivity contribution in [2.45, 2.75) is 20.4 Å². The summed E-state index contributed by atoms with van der Waals surface area (Å²) in [7, 11) is 0. The molecule has 0 N–H and O–H groups in total. The topological polar surface area (TPSA) is 40.9 Å². The number of aryl methyl sites for hydroxylation is 1. The molecule has 0 aliphatic carbocycles.